The van der Waals surface area contributed by atoms with E-state index in [9.17, 15) is 0 Å². The Kier molecular flexibility index (Phi) is 3.31. The van der Waals surface area contributed by atoms with Gasteiger partial charge in [0.2, 0.25) is 0 Å². The van der Waals surface area contributed by atoms with Crippen molar-refractivity contribution >= 4 is 5.57 Å². The highest BCUT2D eigenvalue weighted by Crippen LogP contribution is 2.21. The number of allylic oxidation sites excluding steroid dienone is 2. The first-order valence-electron chi connectivity index (χ1n) is 4.43. The molecule has 1 aromatic rings. The van der Waals surface area contributed by atoms with Crippen LogP contribution in [0.2, 0.25) is 0 Å². The van der Waals surface area contributed by atoms with E-state index < -0.39 is 0 Å². The lowest BCUT2D eigenvalue weighted by Gasteiger charge is -2.05. The van der Waals surface area contributed by atoms with Gasteiger partial charge in [-0.15, -0.1) is 5.73 Å². The lowest BCUT2D eigenvalue weighted by molar-refractivity contribution is 1.16. The fourth-order valence-corrected chi connectivity index (χ4v) is 1.26. The topological polar surface area (TPSA) is 0 Å². The maximum Gasteiger partial charge on any atom is 0.000312 e. The molecule has 0 atom stereocenters. The van der Waals surface area contributed by atoms with Crippen LogP contribution in [0.25, 0.3) is 5.57 Å². The fourth-order valence-electron chi connectivity index (χ4n) is 1.26. The molecule has 0 aliphatic heterocycles. The maximum absolute atomic E-state index is 4.03. The quantitative estimate of drug-likeness (QED) is 0.478. The van der Waals surface area contributed by atoms with Crippen molar-refractivity contribution in [1.29, 1.82) is 0 Å². The van der Waals surface area contributed by atoms with Gasteiger partial charge >= 0.3 is 0 Å². The molecule has 1 aromatic carbocycles. The summed E-state index contributed by atoms with van der Waals surface area (Å²) in [7, 11) is 0. The Morgan fingerprint density at radius 3 is 2.38 bits per heavy atom. The third kappa shape index (κ3) is 2.21. The van der Waals surface area contributed by atoms with Gasteiger partial charge in [0.25, 0.3) is 0 Å². The van der Waals surface area contributed by atoms with Gasteiger partial charge in [-0.05, 0) is 17.6 Å². The van der Waals surface area contributed by atoms with E-state index in [0.717, 1.165) is 23.1 Å². The Labute approximate surface area is 79.9 Å². The Bertz CT molecular complexity index is 338. The first kappa shape index (κ1) is 9.57. The third-order valence-corrected chi connectivity index (χ3v) is 2.05. The second-order valence-corrected chi connectivity index (χ2v) is 2.85. The maximum atomic E-state index is 4.03. The highest BCUT2D eigenvalue weighted by molar-refractivity contribution is 5.76. The van der Waals surface area contributed by atoms with Crippen molar-refractivity contribution < 1.29 is 0 Å². The highest BCUT2D eigenvalue weighted by Gasteiger charge is 2.01. The molecule has 0 aliphatic rings. The van der Waals surface area contributed by atoms with Gasteiger partial charge in [-0.3, -0.25) is 0 Å². The predicted octanol–water partition coefficient (Wildman–Crippen LogP) is 3.82. The Hall–Kier alpha value is -1.52. The molecule has 0 heterocycles. The summed E-state index contributed by atoms with van der Waals surface area (Å²) in [6.45, 7) is 9.77. The summed E-state index contributed by atoms with van der Waals surface area (Å²) in [4.78, 5) is 0. The van der Waals surface area contributed by atoms with Gasteiger partial charge in [0.05, 0.1) is 0 Å². The average molecular weight is 170 g/mol. The van der Waals surface area contributed by atoms with E-state index in [0.29, 0.717) is 0 Å². The van der Waals surface area contributed by atoms with Gasteiger partial charge in [-0.25, -0.2) is 0 Å². The van der Waals surface area contributed by atoms with Gasteiger partial charge in [0.1, 0.15) is 0 Å². The summed E-state index contributed by atoms with van der Waals surface area (Å²) in [5.41, 5.74) is 6.18. The van der Waals surface area contributed by atoms with Crippen molar-refractivity contribution in [2.75, 3.05) is 0 Å². The van der Waals surface area contributed by atoms with E-state index in [1.54, 1.807) is 0 Å². The van der Waals surface area contributed by atoms with Gasteiger partial charge < -0.3 is 0 Å². The van der Waals surface area contributed by atoms with Crippen LogP contribution in [0, 0.1) is 0 Å². The molecule has 13 heavy (non-hydrogen) atoms. The number of hydrogen-bond acceptors (Lipinski definition) is 0. The summed E-state index contributed by atoms with van der Waals surface area (Å²) in [6, 6.07) is 10.1. The Balaban J connectivity index is 2.99. The third-order valence-electron chi connectivity index (χ3n) is 2.05. The average Bonchev–Trinajstić information content (AvgIpc) is 2.21. The van der Waals surface area contributed by atoms with E-state index in [4.69, 9.17) is 0 Å². The van der Waals surface area contributed by atoms with Crippen LogP contribution in [0.5, 0.6) is 0 Å². The van der Waals surface area contributed by atoms with Crippen molar-refractivity contribution in [3.63, 3.8) is 0 Å². The minimum atomic E-state index is 0.928. The van der Waals surface area contributed by atoms with Crippen molar-refractivity contribution in [2.24, 2.45) is 0 Å². The van der Waals surface area contributed by atoms with Crippen LogP contribution in [-0.2, 0) is 0 Å². The van der Waals surface area contributed by atoms with Crippen molar-refractivity contribution in [3.05, 3.63) is 60.4 Å². The molecule has 0 bridgehead atoms. The smallest absolute Gasteiger partial charge is 0.000312 e. The zero-order valence-electron chi connectivity index (χ0n) is 8.01. The molecular formula is C13H14. The standard InChI is InChI=1S/C13H14/c1-4-12(5-2)11(3)13-9-7-6-8-10-13/h6-10H,1,3,5H2,2H3. The largest absolute Gasteiger partial charge is 0.125 e. The van der Waals surface area contributed by atoms with Crippen LogP contribution in [0.1, 0.15) is 18.9 Å². The molecule has 0 amide bonds. The van der Waals surface area contributed by atoms with E-state index in [1.165, 1.54) is 0 Å². The first-order chi connectivity index (χ1) is 6.29. The summed E-state index contributed by atoms with van der Waals surface area (Å²) >= 11 is 0. The molecule has 66 valence electrons. The van der Waals surface area contributed by atoms with Crippen LogP contribution >= 0.6 is 0 Å². The van der Waals surface area contributed by atoms with Gasteiger partial charge in [-0.1, -0.05) is 50.4 Å². The molecule has 0 saturated heterocycles. The van der Waals surface area contributed by atoms with E-state index in [2.05, 4.69) is 37.9 Å². The molecule has 0 N–H and O–H groups in total. The molecule has 0 aliphatic carbocycles. The summed E-state index contributed by atoms with van der Waals surface area (Å²) < 4.78 is 0. The predicted molar refractivity (Wildman–Crippen MR) is 58.4 cm³/mol. The first-order valence-corrected chi connectivity index (χ1v) is 4.43. The zero-order chi connectivity index (χ0) is 9.68. The molecule has 0 fully saturated rings. The van der Waals surface area contributed by atoms with Crippen LogP contribution in [0.15, 0.2) is 54.8 Å². The van der Waals surface area contributed by atoms with E-state index in [1.807, 2.05) is 18.2 Å². The second kappa shape index (κ2) is 4.49. The van der Waals surface area contributed by atoms with Crippen molar-refractivity contribution in [2.45, 2.75) is 13.3 Å². The highest BCUT2D eigenvalue weighted by atomic mass is 14.0. The molecular weight excluding hydrogens is 156 g/mol. The van der Waals surface area contributed by atoms with E-state index >= 15 is 0 Å². The van der Waals surface area contributed by atoms with Crippen molar-refractivity contribution in [1.82, 2.24) is 0 Å². The summed E-state index contributed by atoms with van der Waals surface area (Å²) in [6.07, 6.45) is 0.928. The molecule has 0 aromatic heterocycles. The summed E-state index contributed by atoms with van der Waals surface area (Å²) in [5, 5.41) is 0. The lowest BCUT2D eigenvalue weighted by Crippen LogP contribution is -1.85. The van der Waals surface area contributed by atoms with Crippen LogP contribution in [-0.4, -0.2) is 0 Å². The van der Waals surface area contributed by atoms with Gasteiger partial charge in [0, 0.05) is 5.57 Å². The molecule has 0 nitrogen and oxygen atoms in total. The zero-order valence-corrected chi connectivity index (χ0v) is 8.01. The minimum absolute atomic E-state index is 0.928. The number of rotatable bonds is 3. The monoisotopic (exact) mass is 170 g/mol. The number of hydrogen-bond donors (Lipinski definition) is 0. The molecule has 1 rings (SSSR count). The Morgan fingerprint density at radius 2 is 1.92 bits per heavy atom. The van der Waals surface area contributed by atoms with E-state index in [-0.39, 0.29) is 0 Å². The SMILES string of the molecule is C=C=C(CC)C(=C)c1ccccc1. The minimum Gasteiger partial charge on any atom is -0.125 e. The van der Waals surface area contributed by atoms with Crippen molar-refractivity contribution in [3.8, 4) is 0 Å². The molecule has 0 saturated carbocycles. The normalized spacial score (nSPS) is 9.00. The van der Waals surface area contributed by atoms with Crippen LogP contribution < -0.4 is 0 Å². The Morgan fingerprint density at radius 1 is 1.31 bits per heavy atom. The van der Waals surface area contributed by atoms with Crippen LogP contribution in [0.3, 0.4) is 0 Å². The molecule has 0 heteroatoms. The van der Waals surface area contributed by atoms with Gasteiger partial charge in [0.15, 0.2) is 0 Å². The lowest BCUT2D eigenvalue weighted by atomic mass is 9.99. The van der Waals surface area contributed by atoms with Crippen LogP contribution in [0.4, 0.5) is 0 Å². The molecule has 0 unspecified atom stereocenters. The fraction of sp³-hybridized carbons (Fsp3) is 0.154. The van der Waals surface area contributed by atoms with Gasteiger partial charge in [-0.2, -0.15) is 0 Å². The number of benzene rings is 1. The summed E-state index contributed by atoms with van der Waals surface area (Å²) in [5.74, 6) is 0. The molecule has 0 spiro atoms. The second-order valence-electron chi connectivity index (χ2n) is 2.85. The molecule has 0 radical (unpaired) electrons.